The van der Waals surface area contributed by atoms with Crippen LogP contribution in [0.3, 0.4) is 0 Å². The first kappa shape index (κ1) is 26.2. The number of hydrogen-bond acceptors (Lipinski definition) is 8. The number of hydrogen-bond donors (Lipinski definition) is 3. The number of rotatable bonds is 7. The van der Waals surface area contributed by atoms with Gasteiger partial charge in [0.15, 0.2) is 17.0 Å². The summed E-state index contributed by atoms with van der Waals surface area (Å²) in [4.78, 5) is 28.2. The lowest BCUT2D eigenvalue weighted by Crippen LogP contribution is -2.44. The smallest absolute Gasteiger partial charge is 0.242 e. The van der Waals surface area contributed by atoms with Crippen molar-refractivity contribution < 1.29 is 15.0 Å². The molecule has 3 N–H and O–H groups in total. The van der Waals surface area contributed by atoms with Crippen LogP contribution in [0, 0.1) is 3.57 Å². The van der Waals surface area contributed by atoms with Gasteiger partial charge in [-0.15, -0.1) is 11.8 Å². The minimum Gasteiger partial charge on any atom is -0.389 e. The molecule has 37 heavy (non-hydrogen) atoms. The Hall–Kier alpha value is -2.45. The Labute approximate surface area is 236 Å². The summed E-state index contributed by atoms with van der Waals surface area (Å²) in [5.74, 6) is 0.184. The fraction of sp³-hybridized carbons (Fsp3) is 0.280. The maximum Gasteiger partial charge on any atom is 0.242 e. The fourth-order valence-corrected chi connectivity index (χ4v) is 6.60. The van der Waals surface area contributed by atoms with Crippen molar-refractivity contribution in [3.05, 3.63) is 75.3 Å². The zero-order valence-corrected chi connectivity index (χ0v) is 23.4. The van der Waals surface area contributed by atoms with Gasteiger partial charge in [0.25, 0.3) is 0 Å². The molecule has 9 nitrogen and oxygen atoms in total. The second-order valence-corrected chi connectivity index (χ2v) is 11.3. The fourth-order valence-electron chi connectivity index (χ4n) is 4.35. The zero-order valence-electron chi connectivity index (χ0n) is 19.7. The zero-order chi connectivity index (χ0) is 26.1. The third-order valence-electron chi connectivity index (χ3n) is 6.15. The molecule has 1 fully saturated rings. The minimum atomic E-state index is -1.27. The van der Waals surface area contributed by atoms with Crippen molar-refractivity contribution in [2.75, 3.05) is 16.8 Å². The lowest BCUT2D eigenvalue weighted by atomic mass is 10.1. The summed E-state index contributed by atoms with van der Waals surface area (Å²) < 4.78 is 2.76. The van der Waals surface area contributed by atoms with Gasteiger partial charge in [0.1, 0.15) is 22.8 Å². The van der Waals surface area contributed by atoms with Crippen molar-refractivity contribution in [1.29, 1.82) is 0 Å². The molecule has 1 aliphatic heterocycles. The molecule has 0 saturated carbocycles. The summed E-state index contributed by atoms with van der Waals surface area (Å²) in [6, 6.07) is 17.3. The van der Waals surface area contributed by atoms with Gasteiger partial charge in [-0.3, -0.25) is 9.36 Å². The van der Waals surface area contributed by atoms with Gasteiger partial charge in [-0.2, -0.15) is 9.97 Å². The molecule has 0 radical (unpaired) electrons. The number of carbonyl (C=O) groups excluding carboxylic acids is 1. The number of amides is 1. The van der Waals surface area contributed by atoms with Gasteiger partial charge in [-0.05, 0) is 70.9 Å². The first-order valence-electron chi connectivity index (χ1n) is 11.6. The van der Waals surface area contributed by atoms with E-state index >= 15 is 0 Å². The highest BCUT2D eigenvalue weighted by molar-refractivity contribution is 14.1. The van der Waals surface area contributed by atoms with Crippen LogP contribution in [0.25, 0.3) is 11.2 Å². The van der Waals surface area contributed by atoms with Crippen molar-refractivity contribution in [3.63, 3.8) is 0 Å². The quantitative estimate of drug-likeness (QED) is 0.203. The SMILES string of the molecule is CCN(C(=O)[C@H]1S[C@@H](n2cnc3c(NCc4cccc(I)c4)nc(Cl)nc32)[C@H](O)[C@@H]1O)c1ccccc1. The summed E-state index contributed by atoms with van der Waals surface area (Å²) >= 11 is 9.69. The van der Waals surface area contributed by atoms with Gasteiger partial charge < -0.3 is 20.4 Å². The van der Waals surface area contributed by atoms with E-state index < -0.39 is 22.8 Å². The van der Waals surface area contributed by atoms with E-state index in [4.69, 9.17) is 11.6 Å². The number of carbonyl (C=O) groups is 1. The first-order chi connectivity index (χ1) is 17.9. The number of para-hydroxylation sites is 1. The maximum absolute atomic E-state index is 13.4. The number of aliphatic hydroxyl groups is 2. The van der Waals surface area contributed by atoms with Gasteiger partial charge in [-0.1, -0.05) is 30.3 Å². The Morgan fingerprint density at radius 3 is 2.68 bits per heavy atom. The molecule has 2 aromatic carbocycles. The molecule has 192 valence electrons. The number of thioether (sulfide) groups is 1. The normalized spacial score (nSPS) is 21.3. The number of benzene rings is 2. The molecule has 4 aromatic rings. The van der Waals surface area contributed by atoms with Gasteiger partial charge >= 0.3 is 0 Å². The lowest BCUT2D eigenvalue weighted by Gasteiger charge is -2.25. The molecule has 1 saturated heterocycles. The van der Waals surface area contributed by atoms with Gasteiger partial charge in [0.2, 0.25) is 11.2 Å². The maximum atomic E-state index is 13.4. The van der Waals surface area contributed by atoms with Crippen LogP contribution >= 0.6 is 46.0 Å². The standard InChI is InChI=1S/C25H24ClIN6O3S/c1-2-32(16-9-4-3-5-10-16)23(36)20-18(34)19(35)24(37-20)33-13-29-17-21(30-25(26)31-22(17)33)28-12-14-7-6-8-15(27)11-14/h3-11,13,18-20,24,34-35H,2,12H2,1H3,(H,28,30,31)/t18-,19+,20-,24+/m0/s1. The Bertz CT molecular complexity index is 1420. The van der Waals surface area contributed by atoms with Gasteiger partial charge in [-0.25, -0.2) is 4.98 Å². The number of fused-ring (bicyclic) bond motifs is 1. The van der Waals surface area contributed by atoms with Crippen LogP contribution < -0.4 is 10.2 Å². The van der Waals surface area contributed by atoms with Gasteiger partial charge in [0, 0.05) is 22.3 Å². The van der Waals surface area contributed by atoms with Crippen LogP contribution in [0.5, 0.6) is 0 Å². The van der Waals surface area contributed by atoms with Crippen molar-refractivity contribution in [1.82, 2.24) is 19.5 Å². The van der Waals surface area contributed by atoms with Crippen LogP contribution in [0.1, 0.15) is 17.9 Å². The first-order valence-corrected chi connectivity index (χ1v) is 14.0. The van der Waals surface area contributed by atoms with E-state index in [0.29, 0.717) is 30.1 Å². The number of nitrogens with one attached hydrogen (secondary N) is 1. The summed E-state index contributed by atoms with van der Waals surface area (Å²) in [6.07, 6.45) is -0.961. The number of aliphatic hydroxyl groups excluding tert-OH is 2. The minimum absolute atomic E-state index is 0.0197. The molecular weight excluding hydrogens is 627 g/mol. The molecule has 12 heteroatoms. The molecule has 3 heterocycles. The lowest BCUT2D eigenvalue weighted by molar-refractivity contribution is -0.120. The van der Waals surface area contributed by atoms with E-state index in [2.05, 4.69) is 48.9 Å². The second kappa shape index (κ2) is 11.1. The van der Waals surface area contributed by atoms with E-state index in [1.54, 1.807) is 9.47 Å². The summed E-state index contributed by atoms with van der Waals surface area (Å²) in [5.41, 5.74) is 2.68. The van der Waals surface area contributed by atoms with E-state index in [0.717, 1.165) is 14.8 Å². The highest BCUT2D eigenvalue weighted by Gasteiger charge is 2.48. The third-order valence-corrected chi connectivity index (χ3v) is 8.55. The summed E-state index contributed by atoms with van der Waals surface area (Å²) in [7, 11) is 0. The number of halogens is 2. The van der Waals surface area contributed by atoms with Crippen LogP contribution in [-0.4, -0.2) is 59.6 Å². The molecule has 0 unspecified atom stereocenters. The predicted octanol–water partition coefficient (Wildman–Crippen LogP) is 4.09. The molecule has 0 bridgehead atoms. The highest BCUT2D eigenvalue weighted by Crippen LogP contribution is 2.44. The Morgan fingerprint density at radius 2 is 1.95 bits per heavy atom. The average Bonchev–Trinajstić information content (AvgIpc) is 3.44. The Morgan fingerprint density at radius 1 is 1.16 bits per heavy atom. The largest absolute Gasteiger partial charge is 0.389 e. The van der Waals surface area contributed by atoms with Crippen molar-refractivity contribution >= 4 is 74.5 Å². The molecule has 5 rings (SSSR count). The van der Waals surface area contributed by atoms with Crippen LogP contribution in [0.4, 0.5) is 11.5 Å². The van der Waals surface area contributed by atoms with Crippen molar-refractivity contribution in [3.8, 4) is 0 Å². The monoisotopic (exact) mass is 650 g/mol. The molecule has 2 aromatic heterocycles. The number of aromatic nitrogens is 4. The molecule has 1 aliphatic rings. The number of nitrogens with zero attached hydrogens (tertiary/aromatic N) is 5. The molecule has 1 amide bonds. The molecule has 0 spiro atoms. The van der Waals surface area contributed by atoms with E-state index in [9.17, 15) is 15.0 Å². The van der Waals surface area contributed by atoms with E-state index in [1.165, 1.54) is 18.1 Å². The summed E-state index contributed by atoms with van der Waals surface area (Å²) in [6.45, 7) is 2.81. The van der Waals surface area contributed by atoms with E-state index in [-0.39, 0.29) is 11.2 Å². The molecular formula is C25H24ClIN6O3S. The highest BCUT2D eigenvalue weighted by atomic mass is 127. The second-order valence-electron chi connectivity index (χ2n) is 8.50. The number of imidazole rings is 1. The van der Waals surface area contributed by atoms with Crippen molar-refractivity contribution in [2.45, 2.75) is 36.3 Å². The van der Waals surface area contributed by atoms with E-state index in [1.807, 2.05) is 55.5 Å². The third kappa shape index (κ3) is 5.28. The van der Waals surface area contributed by atoms with Gasteiger partial charge in [0.05, 0.1) is 6.33 Å². The summed E-state index contributed by atoms with van der Waals surface area (Å²) in [5, 5.41) is 23.6. The van der Waals surface area contributed by atoms with Crippen LogP contribution in [-0.2, 0) is 11.3 Å². The topological polar surface area (TPSA) is 116 Å². The van der Waals surface area contributed by atoms with Crippen LogP contribution in [0.15, 0.2) is 60.9 Å². The van der Waals surface area contributed by atoms with Crippen molar-refractivity contribution in [2.24, 2.45) is 0 Å². The molecule has 4 atom stereocenters. The average molecular weight is 651 g/mol. The predicted molar refractivity (Wildman–Crippen MR) is 154 cm³/mol. The van der Waals surface area contributed by atoms with Crippen LogP contribution in [0.2, 0.25) is 5.28 Å². The Kier molecular flexibility index (Phi) is 7.86. The molecule has 0 aliphatic carbocycles. The number of anilines is 2. The Balaban J connectivity index is 1.41.